The van der Waals surface area contributed by atoms with E-state index in [2.05, 4.69) is 58.9 Å². The highest BCUT2D eigenvalue weighted by molar-refractivity contribution is 5.65. The minimum absolute atomic E-state index is 0.369. The van der Waals surface area contributed by atoms with E-state index in [9.17, 15) is 0 Å². The van der Waals surface area contributed by atoms with Crippen LogP contribution in [0.15, 0.2) is 53.1 Å². The molecule has 2 aliphatic rings. The molecule has 31 heavy (non-hydrogen) atoms. The lowest BCUT2D eigenvalue weighted by Crippen LogP contribution is -2.38. The van der Waals surface area contributed by atoms with Crippen LogP contribution in [0.25, 0.3) is 16.9 Å². The molecule has 6 rings (SSSR count). The van der Waals surface area contributed by atoms with Gasteiger partial charge in [0.1, 0.15) is 18.1 Å². The quantitative estimate of drug-likeness (QED) is 0.474. The van der Waals surface area contributed by atoms with Gasteiger partial charge >= 0.3 is 0 Å². The molecule has 0 N–H and O–H groups in total. The number of aryl methyl sites for hydroxylation is 1. The Hall–Kier alpha value is -2.96. The molecular weight excluding hydrogens is 388 g/mol. The van der Waals surface area contributed by atoms with E-state index in [0.29, 0.717) is 18.7 Å². The maximum Gasteiger partial charge on any atom is 0.155 e. The maximum absolute atomic E-state index is 5.97. The van der Waals surface area contributed by atoms with E-state index in [1.165, 1.54) is 23.2 Å². The largest absolute Gasteiger partial charge is 0.462 e. The molecule has 0 saturated carbocycles. The van der Waals surface area contributed by atoms with E-state index >= 15 is 0 Å². The highest BCUT2D eigenvalue weighted by Gasteiger charge is 2.41. The Balaban J connectivity index is 1.34. The number of hydrogen-bond donors (Lipinski definition) is 0. The van der Waals surface area contributed by atoms with Crippen molar-refractivity contribution in [2.75, 3.05) is 7.11 Å². The third-order valence-corrected chi connectivity index (χ3v) is 6.70. The van der Waals surface area contributed by atoms with Crippen LogP contribution >= 0.6 is 0 Å². The lowest BCUT2D eigenvalue weighted by molar-refractivity contribution is 0.140. The Morgan fingerprint density at radius 3 is 2.90 bits per heavy atom. The van der Waals surface area contributed by atoms with Gasteiger partial charge in [0.2, 0.25) is 0 Å². The number of nitrogens with zero attached hydrogens (tertiary/aromatic N) is 4. The first-order valence-corrected chi connectivity index (χ1v) is 11.0. The van der Waals surface area contributed by atoms with Crippen LogP contribution < -0.4 is 0 Å². The van der Waals surface area contributed by atoms with Crippen molar-refractivity contribution in [1.29, 1.82) is 0 Å². The SMILES string of the molecule is COCc1ccc(CN2[C@H]3CC[C@@H]2c2cnc4cc(-c5cccc(C)c5)nn4c2C3)o1. The summed E-state index contributed by atoms with van der Waals surface area (Å²) in [7, 11) is 1.69. The van der Waals surface area contributed by atoms with Crippen molar-refractivity contribution in [2.24, 2.45) is 0 Å². The van der Waals surface area contributed by atoms with E-state index < -0.39 is 0 Å². The number of methoxy groups -OCH3 is 1. The summed E-state index contributed by atoms with van der Waals surface area (Å²) in [4.78, 5) is 7.36. The molecule has 0 amide bonds. The first kappa shape index (κ1) is 18.8. The number of furan rings is 1. The van der Waals surface area contributed by atoms with E-state index in [0.717, 1.165) is 47.8 Å². The fourth-order valence-electron chi connectivity index (χ4n) is 5.28. The van der Waals surface area contributed by atoms with Gasteiger partial charge in [-0.3, -0.25) is 4.90 Å². The smallest absolute Gasteiger partial charge is 0.155 e. The van der Waals surface area contributed by atoms with Gasteiger partial charge in [0.25, 0.3) is 0 Å². The van der Waals surface area contributed by atoms with Gasteiger partial charge in [-0.15, -0.1) is 0 Å². The second-order valence-corrected chi connectivity index (χ2v) is 8.75. The van der Waals surface area contributed by atoms with Crippen LogP contribution in [0.5, 0.6) is 0 Å². The van der Waals surface area contributed by atoms with Crippen LogP contribution in [0, 0.1) is 6.92 Å². The summed E-state index contributed by atoms with van der Waals surface area (Å²) in [5.41, 5.74) is 6.92. The highest BCUT2D eigenvalue weighted by atomic mass is 16.5. The molecule has 4 aromatic rings. The Kier molecular flexibility index (Phi) is 4.44. The fraction of sp³-hybridized carbons (Fsp3) is 0.360. The van der Waals surface area contributed by atoms with E-state index in [-0.39, 0.29) is 0 Å². The van der Waals surface area contributed by atoms with Crippen LogP contribution in [-0.2, 0) is 24.3 Å². The Morgan fingerprint density at radius 1 is 1.13 bits per heavy atom. The van der Waals surface area contributed by atoms with Gasteiger partial charge in [0.15, 0.2) is 5.65 Å². The van der Waals surface area contributed by atoms with Gasteiger partial charge in [-0.25, -0.2) is 9.50 Å². The van der Waals surface area contributed by atoms with E-state index in [4.69, 9.17) is 19.2 Å². The molecule has 2 aliphatic heterocycles. The van der Waals surface area contributed by atoms with Crippen LogP contribution in [0.1, 0.15) is 47.2 Å². The summed E-state index contributed by atoms with van der Waals surface area (Å²) in [6.07, 6.45) is 5.41. The molecule has 158 valence electrons. The predicted octanol–water partition coefficient (Wildman–Crippen LogP) is 4.71. The summed E-state index contributed by atoms with van der Waals surface area (Å²) in [6, 6.07) is 15.6. The molecule has 3 aromatic heterocycles. The number of rotatable bonds is 5. The van der Waals surface area contributed by atoms with Gasteiger partial charge in [0, 0.05) is 49.0 Å². The van der Waals surface area contributed by atoms with Crippen molar-refractivity contribution < 1.29 is 9.15 Å². The molecule has 5 heterocycles. The zero-order chi connectivity index (χ0) is 20.9. The first-order chi connectivity index (χ1) is 15.2. The van der Waals surface area contributed by atoms with Gasteiger partial charge in [-0.05, 0) is 38.0 Å². The molecule has 6 nitrogen and oxygen atoms in total. The predicted molar refractivity (Wildman–Crippen MR) is 118 cm³/mol. The van der Waals surface area contributed by atoms with Crippen molar-refractivity contribution in [1.82, 2.24) is 19.5 Å². The number of hydrogen-bond acceptors (Lipinski definition) is 5. The van der Waals surface area contributed by atoms with E-state index in [1.54, 1.807) is 7.11 Å². The van der Waals surface area contributed by atoms with Crippen molar-refractivity contribution in [3.63, 3.8) is 0 Å². The molecule has 0 unspecified atom stereocenters. The summed E-state index contributed by atoms with van der Waals surface area (Å²) in [5, 5.41) is 4.97. The fourth-order valence-corrected chi connectivity index (χ4v) is 5.28. The number of benzene rings is 1. The second-order valence-electron chi connectivity index (χ2n) is 8.75. The lowest BCUT2D eigenvalue weighted by Gasteiger charge is -2.35. The maximum atomic E-state index is 5.97. The molecule has 1 saturated heterocycles. The second kappa shape index (κ2) is 7.32. The highest BCUT2D eigenvalue weighted by Crippen LogP contribution is 2.44. The van der Waals surface area contributed by atoms with Crippen LogP contribution in [0.2, 0.25) is 0 Å². The molecule has 0 spiro atoms. The van der Waals surface area contributed by atoms with Gasteiger partial charge in [0.05, 0.1) is 17.9 Å². The summed E-state index contributed by atoms with van der Waals surface area (Å²) < 4.78 is 13.2. The molecule has 2 atom stereocenters. The van der Waals surface area contributed by atoms with E-state index in [1.807, 2.05) is 6.07 Å². The van der Waals surface area contributed by atoms with Crippen molar-refractivity contribution >= 4 is 5.65 Å². The van der Waals surface area contributed by atoms with Crippen LogP contribution in [0.4, 0.5) is 0 Å². The Bertz CT molecular complexity index is 1260. The molecule has 6 heteroatoms. The number of aromatic nitrogens is 3. The minimum atomic E-state index is 0.369. The zero-order valence-corrected chi connectivity index (χ0v) is 17.9. The summed E-state index contributed by atoms with van der Waals surface area (Å²) >= 11 is 0. The van der Waals surface area contributed by atoms with Crippen molar-refractivity contribution in [2.45, 2.75) is 51.4 Å². The third-order valence-electron chi connectivity index (χ3n) is 6.70. The normalized spacial score (nSPS) is 20.5. The number of fused-ring (bicyclic) bond motifs is 6. The van der Waals surface area contributed by atoms with Crippen LogP contribution in [-0.4, -0.2) is 32.6 Å². The molecular formula is C25H26N4O2. The topological polar surface area (TPSA) is 55.8 Å². The van der Waals surface area contributed by atoms with Crippen molar-refractivity contribution in [3.05, 3.63) is 77.0 Å². The molecule has 1 fully saturated rings. The Labute approximate surface area is 181 Å². The lowest BCUT2D eigenvalue weighted by atomic mass is 9.99. The van der Waals surface area contributed by atoms with Crippen molar-refractivity contribution in [3.8, 4) is 11.3 Å². The molecule has 0 aliphatic carbocycles. The third kappa shape index (κ3) is 3.18. The van der Waals surface area contributed by atoms with Crippen LogP contribution in [0.3, 0.4) is 0 Å². The van der Waals surface area contributed by atoms with Gasteiger partial charge in [-0.2, -0.15) is 5.10 Å². The number of ether oxygens (including phenoxy) is 1. The van der Waals surface area contributed by atoms with Gasteiger partial charge in [-0.1, -0.05) is 23.8 Å². The van der Waals surface area contributed by atoms with Gasteiger partial charge < -0.3 is 9.15 Å². The molecule has 0 radical (unpaired) electrons. The molecule has 2 bridgehead atoms. The first-order valence-electron chi connectivity index (χ1n) is 11.0. The molecule has 1 aromatic carbocycles. The monoisotopic (exact) mass is 414 g/mol. The standard InChI is InChI=1S/C25H26N4O2/c1-16-4-3-5-17(10-16)22-12-25-26-13-21-23-9-6-18(11-24(21)29(25)27-22)28(23)14-19-7-8-20(31-19)15-30-2/h3-5,7-8,10,12-13,18,23H,6,9,11,14-15H2,1-2H3/t18-,23+/m0/s1. The zero-order valence-electron chi connectivity index (χ0n) is 17.9. The average molecular weight is 415 g/mol. The minimum Gasteiger partial charge on any atom is -0.462 e. The Morgan fingerprint density at radius 2 is 2.03 bits per heavy atom. The summed E-state index contributed by atoms with van der Waals surface area (Å²) in [5.74, 6) is 1.88. The average Bonchev–Trinajstić information content (AvgIpc) is 3.46. The summed E-state index contributed by atoms with van der Waals surface area (Å²) in [6.45, 7) is 3.45.